The van der Waals surface area contributed by atoms with E-state index in [4.69, 9.17) is 15.2 Å². The Hall–Kier alpha value is -1.22. The molecule has 1 aromatic rings. The molecule has 0 atom stereocenters. The Balaban J connectivity index is 2.42. The quantitative estimate of drug-likeness (QED) is 0.595. The van der Waals surface area contributed by atoms with Crippen LogP contribution in [0.25, 0.3) is 0 Å². The van der Waals surface area contributed by atoms with Gasteiger partial charge in [0.1, 0.15) is 12.4 Å². The van der Waals surface area contributed by atoms with Crippen molar-refractivity contribution in [2.45, 2.75) is 33.3 Å². The Labute approximate surface area is 97.6 Å². The summed E-state index contributed by atoms with van der Waals surface area (Å²) in [7, 11) is 0. The monoisotopic (exact) mass is 223 g/mol. The third-order valence-corrected chi connectivity index (χ3v) is 2.27. The number of aryl methyl sites for hydroxylation is 1. The summed E-state index contributed by atoms with van der Waals surface area (Å²) in [5, 5.41) is 0. The molecule has 0 fully saturated rings. The summed E-state index contributed by atoms with van der Waals surface area (Å²) < 4.78 is 10.9. The summed E-state index contributed by atoms with van der Waals surface area (Å²) in [5.41, 5.74) is 7.80. The van der Waals surface area contributed by atoms with Crippen molar-refractivity contribution in [3.63, 3.8) is 0 Å². The van der Waals surface area contributed by atoms with Gasteiger partial charge in [-0.15, -0.1) is 0 Å². The molecule has 0 aromatic heterocycles. The largest absolute Gasteiger partial charge is 0.489 e. The lowest BCUT2D eigenvalue weighted by Crippen LogP contribution is -2.11. The molecular weight excluding hydrogens is 202 g/mol. The van der Waals surface area contributed by atoms with E-state index in [1.54, 1.807) is 0 Å². The minimum atomic E-state index is 0.239. The number of anilines is 1. The van der Waals surface area contributed by atoms with Crippen molar-refractivity contribution in [1.29, 1.82) is 0 Å². The van der Waals surface area contributed by atoms with Crippen LogP contribution in [0.15, 0.2) is 18.2 Å². The van der Waals surface area contributed by atoms with Crippen LogP contribution in [0, 0.1) is 0 Å². The van der Waals surface area contributed by atoms with Gasteiger partial charge >= 0.3 is 0 Å². The molecule has 0 unspecified atom stereocenters. The fourth-order valence-electron chi connectivity index (χ4n) is 1.38. The van der Waals surface area contributed by atoms with Gasteiger partial charge in [-0.1, -0.05) is 13.0 Å². The molecule has 3 nitrogen and oxygen atoms in total. The maximum atomic E-state index is 5.87. The van der Waals surface area contributed by atoms with Gasteiger partial charge in [0.15, 0.2) is 0 Å². The topological polar surface area (TPSA) is 44.5 Å². The number of nitrogen functional groups attached to an aromatic ring is 1. The average molecular weight is 223 g/mol. The highest BCUT2D eigenvalue weighted by molar-refractivity contribution is 5.54. The fraction of sp³-hybridized carbons (Fsp3) is 0.538. The smallest absolute Gasteiger partial charge is 0.142 e. The third-order valence-electron chi connectivity index (χ3n) is 2.27. The zero-order valence-electron chi connectivity index (χ0n) is 10.3. The molecule has 1 aromatic carbocycles. The lowest BCUT2D eigenvalue weighted by molar-refractivity contribution is 0.0554. The zero-order chi connectivity index (χ0) is 12.0. The molecule has 16 heavy (non-hydrogen) atoms. The van der Waals surface area contributed by atoms with E-state index in [0.717, 1.165) is 12.2 Å². The molecule has 3 heteroatoms. The lowest BCUT2D eigenvalue weighted by Gasteiger charge is -2.11. The van der Waals surface area contributed by atoms with Crippen molar-refractivity contribution in [1.82, 2.24) is 0 Å². The van der Waals surface area contributed by atoms with Crippen LogP contribution < -0.4 is 10.5 Å². The maximum Gasteiger partial charge on any atom is 0.142 e. The van der Waals surface area contributed by atoms with Gasteiger partial charge in [0.25, 0.3) is 0 Å². The molecule has 2 N–H and O–H groups in total. The molecule has 0 saturated carbocycles. The molecule has 0 saturated heterocycles. The highest BCUT2D eigenvalue weighted by Crippen LogP contribution is 2.22. The standard InChI is InChI=1S/C13H21NO2/c1-4-11-5-6-13(12(14)9-11)16-8-7-15-10(2)3/h5-6,9-10H,4,7-8,14H2,1-3H3. The van der Waals surface area contributed by atoms with Gasteiger partial charge < -0.3 is 15.2 Å². The third kappa shape index (κ3) is 4.11. The average Bonchev–Trinajstić information content (AvgIpc) is 2.25. The molecule has 0 aliphatic carbocycles. The second-order valence-electron chi connectivity index (χ2n) is 3.99. The predicted molar refractivity (Wildman–Crippen MR) is 66.8 cm³/mol. The Morgan fingerprint density at radius 3 is 2.56 bits per heavy atom. The summed E-state index contributed by atoms with van der Waals surface area (Å²) in [6.07, 6.45) is 1.23. The van der Waals surface area contributed by atoms with Crippen molar-refractivity contribution in [3.05, 3.63) is 23.8 Å². The Morgan fingerprint density at radius 1 is 1.25 bits per heavy atom. The minimum Gasteiger partial charge on any atom is -0.489 e. The van der Waals surface area contributed by atoms with Gasteiger partial charge in [-0.3, -0.25) is 0 Å². The second kappa shape index (κ2) is 6.38. The normalized spacial score (nSPS) is 10.8. The molecule has 0 amide bonds. The van der Waals surface area contributed by atoms with E-state index in [9.17, 15) is 0 Å². The van der Waals surface area contributed by atoms with E-state index >= 15 is 0 Å². The van der Waals surface area contributed by atoms with E-state index in [1.165, 1.54) is 5.56 Å². The number of hydrogen-bond acceptors (Lipinski definition) is 3. The molecule has 1 rings (SSSR count). The SMILES string of the molecule is CCc1ccc(OCCOC(C)C)c(N)c1. The van der Waals surface area contributed by atoms with Crippen LogP contribution in [0.1, 0.15) is 26.3 Å². The van der Waals surface area contributed by atoms with E-state index in [0.29, 0.717) is 18.9 Å². The maximum absolute atomic E-state index is 5.87. The Kier molecular flexibility index (Phi) is 5.12. The van der Waals surface area contributed by atoms with Crippen LogP contribution >= 0.6 is 0 Å². The first kappa shape index (κ1) is 12.8. The molecule has 0 radical (unpaired) electrons. The molecular formula is C13H21NO2. The van der Waals surface area contributed by atoms with Crippen LogP contribution in [0.4, 0.5) is 5.69 Å². The van der Waals surface area contributed by atoms with E-state index < -0.39 is 0 Å². The van der Waals surface area contributed by atoms with Crippen molar-refractivity contribution < 1.29 is 9.47 Å². The van der Waals surface area contributed by atoms with Crippen molar-refractivity contribution in [2.24, 2.45) is 0 Å². The number of ether oxygens (including phenoxy) is 2. The van der Waals surface area contributed by atoms with Crippen LogP contribution in [-0.2, 0) is 11.2 Å². The molecule has 0 spiro atoms. The first-order valence-electron chi connectivity index (χ1n) is 5.76. The number of hydrogen-bond donors (Lipinski definition) is 1. The molecule has 90 valence electrons. The van der Waals surface area contributed by atoms with Crippen LogP contribution in [0.5, 0.6) is 5.75 Å². The summed E-state index contributed by atoms with van der Waals surface area (Å²) >= 11 is 0. The molecule has 0 aliphatic heterocycles. The zero-order valence-corrected chi connectivity index (χ0v) is 10.3. The summed E-state index contributed by atoms with van der Waals surface area (Å²) in [6, 6.07) is 5.91. The molecule has 0 bridgehead atoms. The van der Waals surface area contributed by atoms with Gasteiger partial charge in [0.2, 0.25) is 0 Å². The fourth-order valence-corrected chi connectivity index (χ4v) is 1.38. The summed E-state index contributed by atoms with van der Waals surface area (Å²) in [6.45, 7) is 7.24. The predicted octanol–water partition coefficient (Wildman–Crippen LogP) is 2.63. The number of nitrogens with two attached hydrogens (primary N) is 1. The summed E-state index contributed by atoms with van der Waals surface area (Å²) in [4.78, 5) is 0. The van der Waals surface area contributed by atoms with Crippen molar-refractivity contribution in [2.75, 3.05) is 18.9 Å². The second-order valence-corrected chi connectivity index (χ2v) is 3.99. The highest BCUT2D eigenvalue weighted by Gasteiger charge is 2.01. The molecule has 0 aliphatic rings. The van der Waals surface area contributed by atoms with E-state index in [-0.39, 0.29) is 6.10 Å². The molecule has 0 heterocycles. The summed E-state index contributed by atoms with van der Waals surface area (Å²) in [5.74, 6) is 0.740. The van der Waals surface area contributed by atoms with Crippen LogP contribution in [-0.4, -0.2) is 19.3 Å². The van der Waals surface area contributed by atoms with Crippen molar-refractivity contribution in [3.8, 4) is 5.75 Å². The highest BCUT2D eigenvalue weighted by atomic mass is 16.5. The van der Waals surface area contributed by atoms with Gasteiger partial charge in [-0.05, 0) is 38.0 Å². The first-order chi connectivity index (χ1) is 7.63. The van der Waals surface area contributed by atoms with Gasteiger partial charge in [0.05, 0.1) is 18.4 Å². The number of rotatable bonds is 6. The van der Waals surface area contributed by atoms with Gasteiger partial charge in [-0.25, -0.2) is 0 Å². The van der Waals surface area contributed by atoms with E-state index in [1.807, 2.05) is 32.0 Å². The number of benzene rings is 1. The Bertz CT molecular complexity index is 324. The first-order valence-corrected chi connectivity index (χ1v) is 5.76. The Morgan fingerprint density at radius 2 is 2.00 bits per heavy atom. The lowest BCUT2D eigenvalue weighted by atomic mass is 10.1. The van der Waals surface area contributed by atoms with Crippen LogP contribution in [0.2, 0.25) is 0 Å². The van der Waals surface area contributed by atoms with Crippen LogP contribution in [0.3, 0.4) is 0 Å². The van der Waals surface area contributed by atoms with E-state index in [2.05, 4.69) is 6.92 Å². The minimum absolute atomic E-state index is 0.239. The van der Waals surface area contributed by atoms with Crippen molar-refractivity contribution >= 4 is 5.69 Å². The van der Waals surface area contributed by atoms with Gasteiger partial charge in [0, 0.05) is 0 Å². The van der Waals surface area contributed by atoms with Gasteiger partial charge in [-0.2, -0.15) is 0 Å².